The molecule has 0 aliphatic heterocycles. The molecule has 8 aromatic rings. The third-order valence-electron chi connectivity index (χ3n) is 10.6. The van der Waals surface area contributed by atoms with E-state index in [-0.39, 0.29) is 0 Å². The second-order valence-corrected chi connectivity index (χ2v) is 38.8. The van der Waals surface area contributed by atoms with Gasteiger partial charge in [0.2, 0.25) is 0 Å². The van der Waals surface area contributed by atoms with Crippen LogP contribution in [0, 0.1) is 0 Å². The molecule has 60 heavy (non-hydrogen) atoms. The third kappa shape index (κ3) is 8.59. The molecule has 0 bridgehead atoms. The Hall–Kier alpha value is -2.52. The van der Waals surface area contributed by atoms with Gasteiger partial charge in [0, 0.05) is 0 Å². The molecular weight excluding hydrogens is 1070 g/mol. The maximum absolute atomic E-state index is 4.03. The summed E-state index contributed by atoms with van der Waals surface area (Å²) in [7, 11) is 0. The molecule has 0 aliphatic rings. The monoisotopic (exact) mass is 1120 g/mol. The Morgan fingerprint density at radius 2 is 0.333 bits per heavy atom. The van der Waals surface area contributed by atoms with Crippen LogP contribution < -0.4 is 42.4 Å². The molecule has 0 fully saturated rings. The Bertz CT molecular complexity index is 2260. The van der Waals surface area contributed by atoms with Crippen molar-refractivity contribution in [1.29, 1.82) is 0 Å². The summed E-state index contributed by atoms with van der Waals surface area (Å²) in [4.78, 5) is 0. The van der Waals surface area contributed by atoms with E-state index in [9.17, 15) is 0 Å². The Balaban J connectivity index is 1.46. The SMILES string of the molecule is [Se]=P(c1ccccc1)(c1ccccc1)N(CCN(P(=[Se])(c1ccccc1)c1ccccc1)P(=[Se])(c1ccccc1)c1ccccc1)P(=[Se])(c1ccccc1)c1ccccc1. The van der Waals surface area contributed by atoms with Gasteiger partial charge in [0.05, 0.1) is 0 Å². The van der Waals surface area contributed by atoms with E-state index in [0.29, 0.717) is 0 Å². The minimum atomic E-state index is -2.48. The fourth-order valence-corrected chi connectivity index (χ4v) is 43.2. The van der Waals surface area contributed by atoms with Crippen LogP contribution in [0.15, 0.2) is 243 Å². The van der Waals surface area contributed by atoms with E-state index < -0.39 is 22.6 Å². The van der Waals surface area contributed by atoms with Crippen LogP contribution in [0.25, 0.3) is 0 Å². The van der Waals surface area contributed by atoms with Gasteiger partial charge >= 0.3 is 390 Å². The van der Waals surface area contributed by atoms with Gasteiger partial charge in [-0.15, -0.1) is 0 Å². The number of nitrogens with zero attached hydrogens (tertiary/aromatic N) is 2. The van der Waals surface area contributed by atoms with E-state index in [1.807, 2.05) is 0 Å². The van der Waals surface area contributed by atoms with E-state index in [2.05, 4.69) is 312 Å². The predicted molar refractivity (Wildman–Crippen MR) is 273 cm³/mol. The van der Waals surface area contributed by atoms with Gasteiger partial charge < -0.3 is 0 Å². The van der Waals surface area contributed by atoms with Crippen LogP contribution in [0.5, 0.6) is 0 Å². The molecule has 298 valence electrons. The topological polar surface area (TPSA) is 6.48 Å². The van der Waals surface area contributed by atoms with Crippen molar-refractivity contribution >= 4 is 125 Å². The van der Waals surface area contributed by atoms with Crippen molar-refractivity contribution in [3.05, 3.63) is 243 Å². The first kappa shape index (κ1) is 44.1. The standard InChI is InChI=1S/C50H44N2P4Se4/c57-53(43-25-9-1-10-26-43,44-27-11-2-12-28-44)51(54(58,45-29-13-3-14-30-45)46-31-15-4-16-32-46)41-42-52(55(59,47-33-17-5-18-34-47)48-35-19-6-20-36-48)56(60,49-37-21-7-22-38-49)50-39-23-8-24-40-50/h1-40H,41-42H2. The second-order valence-electron chi connectivity index (χ2n) is 14.2. The number of hydrogen-bond acceptors (Lipinski definition) is 2. The molecule has 8 rings (SSSR count). The van der Waals surface area contributed by atoms with Gasteiger partial charge in [0.15, 0.2) is 0 Å². The van der Waals surface area contributed by atoms with Crippen molar-refractivity contribution in [3.8, 4) is 0 Å². The van der Waals surface area contributed by atoms with Gasteiger partial charge in [-0.3, -0.25) is 0 Å². The quantitative estimate of drug-likeness (QED) is 0.0755. The zero-order valence-corrected chi connectivity index (χ0v) is 43.3. The summed E-state index contributed by atoms with van der Waals surface area (Å²) in [6.45, 7) is 1.50. The summed E-state index contributed by atoms with van der Waals surface area (Å²) in [6, 6.07) is 89.6. The normalized spacial score (nSPS) is 12.4. The summed E-state index contributed by atoms with van der Waals surface area (Å²) in [5.41, 5.74) is -9.92. The van der Waals surface area contributed by atoms with Gasteiger partial charge in [-0.2, -0.15) is 0 Å². The minimum absolute atomic E-state index is 0.751. The number of rotatable bonds is 15. The molecule has 0 heterocycles. The van der Waals surface area contributed by atoms with Crippen LogP contribution in [0.1, 0.15) is 0 Å². The molecule has 8 aromatic carbocycles. The van der Waals surface area contributed by atoms with Gasteiger partial charge in [-0.1, -0.05) is 0 Å². The van der Waals surface area contributed by atoms with E-state index in [1.165, 1.54) is 42.4 Å². The Kier molecular flexibility index (Phi) is 14.6. The van der Waals surface area contributed by atoms with Crippen molar-refractivity contribution in [2.24, 2.45) is 0 Å². The molecule has 0 aromatic heterocycles. The van der Waals surface area contributed by atoms with Crippen LogP contribution in [0.4, 0.5) is 0 Å². The van der Waals surface area contributed by atoms with Crippen LogP contribution in [-0.4, -0.2) is 82.4 Å². The average Bonchev–Trinajstić information content (AvgIpc) is 3.34. The average molecular weight is 1110 g/mol. The first-order chi connectivity index (χ1) is 29.3. The van der Waals surface area contributed by atoms with Gasteiger partial charge in [-0.25, -0.2) is 0 Å². The van der Waals surface area contributed by atoms with E-state index in [0.717, 1.165) is 13.1 Å². The number of hydrogen-bond donors (Lipinski definition) is 0. The Morgan fingerprint density at radius 3 is 0.450 bits per heavy atom. The zero-order valence-electron chi connectivity index (χ0n) is 32.8. The van der Waals surface area contributed by atoms with Crippen molar-refractivity contribution < 1.29 is 0 Å². The van der Waals surface area contributed by atoms with Gasteiger partial charge in [0.1, 0.15) is 0 Å². The fourth-order valence-electron chi connectivity index (χ4n) is 7.80. The summed E-state index contributed by atoms with van der Waals surface area (Å²) >= 11 is 16.1. The van der Waals surface area contributed by atoms with Crippen molar-refractivity contribution in [2.45, 2.75) is 0 Å². The maximum atomic E-state index is 4.03. The van der Waals surface area contributed by atoms with Crippen LogP contribution in [0.3, 0.4) is 0 Å². The molecule has 0 saturated carbocycles. The van der Waals surface area contributed by atoms with E-state index in [1.54, 1.807) is 0 Å². The summed E-state index contributed by atoms with van der Waals surface area (Å²) in [5, 5.41) is 10.4. The Labute approximate surface area is 386 Å². The van der Waals surface area contributed by atoms with Crippen LogP contribution in [0.2, 0.25) is 0 Å². The fraction of sp³-hybridized carbons (Fsp3) is 0.0400. The predicted octanol–water partition coefficient (Wildman–Crippen LogP) is 8.26. The van der Waals surface area contributed by atoms with Crippen LogP contribution in [-0.2, 0) is 0 Å². The van der Waals surface area contributed by atoms with Crippen molar-refractivity contribution in [2.75, 3.05) is 13.1 Å². The van der Waals surface area contributed by atoms with Crippen LogP contribution >= 0.6 is 22.6 Å². The molecule has 0 spiro atoms. The van der Waals surface area contributed by atoms with Crippen molar-refractivity contribution in [1.82, 2.24) is 8.88 Å². The van der Waals surface area contributed by atoms with Gasteiger partial charge in [0.25, 0.3) is 0 Å². The Morgan fingerprint density at radius 1 is 0.217 bits per heavy atom. The molecule has 10 heteroatoms. The molecule has 2 nitrogen and oxygen atoms in total. The molecule has 0 radical (unpaired) electrons. The molecule has 0 atom stereocenters. The summed E-state index contributed by atoms with van der Waals surface area (Å²) in [6.07, 6.45) is 0. The summed E-state index contributed by atoms with van der Waals surface area (Å²) < 4.78 is 5.84. The number of benzene rings is 8. The third-order valence-corrected chi connectivity index (χ3v) is 44.1. The van der Waals surface area contributed by atoms with Crippen molar-refractivity contribution in [3.63, 3.8) is 0 Å². The second kappa shape index (κ2) is 19.9. The van der Waals surface area contributed by atoms with Gasteiger partial charge in [-0.05, 0) is 0 Å². The van der Waals surface area contributed by atoms with E-state index in [4.69, 9.17) is 0 Å². The molecule has 0 saturated heterocycles. The molecular formula is C50H44N2P4Se4. The summed E-state index contributed by atoms with van der Waals surface area (Å²) in [5.74, 6) is 0. The molecule has 0 aliphatic carbocycles. The zero-order chi connectivity index (χ0) is 41.5. The molecule has 0 unspecified atom stereocenters. The molecule has 0 amide bonds. The first-order valence-corrected chi connectivity index (χ1v) is 35.6. The molecule has 0 N–H and O–H groups in total. The first-order valence-electron chi connectivity index (χ1n) is 19.7. The van der Waals surface area contributed by atoms with E-state index >= 15 is 0 Å².